The molecule has 0 aromatic heterocycles. The lowest BCUT2D eigenvalue weighted by Crippen LogP contribution is -2.57. The van der Waals surface area contributed by atoms with Crippen molar-refractivity contribution in [3.05, 3.63) is 35.9 Å². The second kappa shape index (κ2) is 9.36. The average molecular weight is 335 g/mol. The highest BCUT2D eigenvalue weighted by atomic mass is 16.3. The summed E-state index contributed by atoms with van der Waals surface area (Å²) in [7, 11) is 0. The van der Waals surface area contributed by atoms with Gasteiger partial charge in [-0.2, -0.15) is 0 Å². The van der Waals surface area contributed by atoms with Crippen LogP contribution in [0.1, 0.15) is 12.0 Å². The lowest BCUT2D eigenvalue weighted by Gasteiger charge is -2.34. The van der Waals surface area contributed by atoms with Gasteiger partial charge in [-0.15, -0.1) is 0 Å². The Balaban J connectivity index is 1.93. The Morgan fingerprint density at radius 2 is 2.00 bits per heavy atom. The number of piperazine rings is 1. The van der Waals surface area contributed by atoms with E-state index in [1.807, 2.05) is 35.2 Å². The van der Waals surface area contributed by atoms with E-state index in [1.165, 1.54) is 5.56 Å². The molecule has 1 aliphatic heterocycles. The molecule has 2 rings (SSSR count). The molecule has 1 aromatic carbocycles. The monoisotopic (exact) mass is 335 g/mol. The van der Waals surface area contributed by atoms with Gasteiger partial charge in [0.15, 0.2) is 0 Å². The number of hydrogen-bond donors (Lipinski definition) is 4. The number of aliphatic hydroxyl groups excluding tert-OH is 2. The maximum atomic E-state index is 12.1. The van der Waals surface area contributed by atoms with Crippen molar-refractivity contribution < 1.29 is 19.8 Å². The van der Waals surface area contributed by atoms with Gasteiger partial charge in [0.25, 0.3) is 0 Å². The Morgan fingerprint density at radius 3 is 2.67 bits per heavy atom. The Morgan fingerprint density at radius 1 is 1.29 bits per heavy atom. The molecule has 0 saturated carbocycles. The van der Waals surface area contributed by atoms with Crippen LogP contribution < -0.4 is 10.6 Å². The molecule has 0 unspecified atom stereocenters. The molecule has 4 N–H and O–H groups in total. The van der Waals surface area contributed by atoms with Crippen molar-refractivity contribution in [3.63, 3.8) is 0 Å². The standard InChI is InChI=1S/C17H25N3O4/c21-11-14(12-22)19-16(23)10-15-17(24)18-7-9-20(15)8-6-13-4-2-1-3-5-13/h1-5,14-15,21-22H,6-12H2,(H,18,24)(H,19,23)/t15-/m0/s1. The maximum Gasteiger partial charge on any atom is 0.237 e. The molecule has 0 aliphatic carbocycles. The summed E-state index contributed by atoms with van der Waals surface area (Å²) in [6, 6.07) is 8.78. The highest BCUT2D eigenvalue weighted by Crippen LogP contribution is 2.11. The van der Waals surface area contributed by atoms with Gasteiger partial charge >= 0.3 is 0 Å². The number of hydrogen-bond acceptors (Lipinski definition) is 5. The van der Waals surface area contributed by atoms with Crippen LogP contribution in [0.4, 0.5) is 0 Å². The molecule has 24 heavy (non-hydrogen) atoms. The van der Waals surface area contributed by atoms with Crippen molar-refractivity contribution in [2.75, 3.05) is 32.8 Å². The SMILES string of the molecule is O=C(C[C@H]1C(=O)NCCN1CCc1ccccc1)NC(CO)CO. The van der Waals surface area contributed by atoms with E-state index in [1.54, 1.807) is 0 Å². The molecule has 0 radical (unpaired) electrons. The predicted molar refractivity (Wildman–Crippen MR) is 89.2 cm³/mol. The predicted octanol–water partition coefficient (Wildman–Crippen LogP) is -1.11. The van der Waals surface area contributed by atoms with Crippen LogP contribution in [-0.4, -0.2) is 71.9 Å². The highest BCUT2D eigenvalue weighted by Gasteiger charge is 2.31. The van der Waals surface area contributed by atoms with E-state index in [4.69, 9.17) is 10.2 Å². The Labute approximate surface area is 141 Å². The van der Waals surface area contributed by atoms with Gasteiger partial charge in [0, 0.05) is 19.6 Å². The summed E-state index contributed by atoms with van der Waals surface area (Å²) in [5.74, 6) is -0.510. The van der Waals surface area contributed by atoms with E-state index < -0.39 is 12.1 Å². The number of nitrogens with zero attached hydrogens (tertiary/aromatic N) is 1. The summed E-state index contributed by atoms with van der Waals surface area (Å²) in [6.45, 7) is 1.29. The van der Waals surface area contributed by atoms with Gasteiger partial charge in [0.1, 0.15) is 0 Å². The topological polar surface area (TPSA) is 102 Å². The van der Waals surface area contributed by atoms with Crippen LogP contribution in [0, 0.1) is 0 Å². The molecule has 7 nitrogen and oxygen atoms in total. The second-order valence-corrected chi connectivity index (χ2v) is 5.91. The number of nitrogens with one attached hydrogen (secondary N) is 2. The third-order valence-corrected chi connectivity index (χ3v) is 4.16. The number of rotatable bonds is 8. The molecule has 1 aromatic rings. The molecule has 1 saturated heterocycles. The molecule has 0 spiro atoms. The Hall–Kier alpha value is -1.96. The summed E-state index contributed by atoms with van der Waals surface area (Å²) in [5.41, 5.74) is 1.19. The lowest BCUT2D eigenvalue weighted by atomic mass is 10.1. The van der Waals surface area contributed by atoms with Gasteiger partial charge < -0.3 is 20.8 Å². The first-order chi connectivity index (χ1) is 11.6. The van der Waals surface area contributed by atoms with Gasteiger partial charge in [-0.05, 0) is 12.0 Å². The molecule has 7 heteroatoms. The maximum absolute atomic E-state index is 12.1. The van der Waals surface area contributed by atoms with Crippen LogP contribution >= 0.6 is 0 Å². The number of carbonyl (C=O) groups is 2. The van der Waals surface area contributed by atoms with Crippen LogP contribution in [0.5, 0.6) is 0 Å². The van der Waals surface area contributed by atoms with Crippen molar-refractivity contribution in [1.82, 2.24) is 15.5 Å². The second-order valence-electron chi connectivity index (χ2n) is 5.91. The van der Waals surface area contributed by atoms with Gasteiger partial charge in [-0.25, -0.2) is 0 Å². The zero-order valence-electron chi connectivity index (χ0n) is 13.6. The van der Waals surface area contributed by atoms with Crippen LogP contribution in [-0.2, 0) is 16.0 Å². The molecule has 1 fully saturated rings. The van der Waals surface area contributed by atoms with E-state index in [-0.39, 0.29) is 31.4 Å². The van der Waals surface area contributed by atoms with Gasteiger partial charge in [0.05, 0.1) is 31.7 Å². The number of benzene rings is 1. The van der Waals surface area contributed by atoms with Crippen molar-refractivity contribution >= 4 is 11.8 Å². The lowest BCUT2D eigenvalue weighted by molar-refractivity contribution is -0.134. The minimum Gasteiger partial charge on any atom is -0.394 e. The number of aliphatic hydroxyl groups is 2. The minimum absolute atomic E-state index is 0.0110. The van der Waals surface area contributed by atoms with Crippen LogP contribution in [0.2, 0.25) is 0 Å². The molecular weight excluding hydrogens is 310 g/mol. The number of carbonyl (C=O) groups excluding carboxylic acids is 2. The number of amides is 2. The third-order valence-electron chi connectivity index (χ3n) is 4.16. The summed E-state index contributed by atoms with van der Waals surface area (Å²) in [6.07, 6.45) is 0.819. The van der Waals surface area contributed by atoms with Crippen molar-refractivity contribution in [2.45, 2.75) is 24.9 Å². The molecule has 1 aliphatic rings. The van der Waals surface area contributed by atoms with E-state index in [0.717, 1.165) is 6.42 Å². The summed E-state index contributed by atoms with van der Waals surface area (Å²) in [5, 5.41) is 23.4. The molecule has 1 atom stereocenters. The fraction of sp³-hybridized carbons (Fsp3) is 0.529. The molecule has 2 amide bonds. The Kier molecular flexibility index (Phi) is 7.17. The van der Waals surface area contributed by atoms with E-state index in [0.29, 0.717) is 19.6 Å². The van der Waals surface area contributed by atoms with E-state index >= 15 is 0 Å². The fourth-order valence-corrected chi connectivity index (χ4v) is 2.78. The van der Waals surface area contributed by atoms with Gasteiger partial charge in [0.2, 0.25) is 11.8 Å². The zero-order chi connectivity index (χ0) is 17.4. The highest BCUT2D eigenvalue weighted by molar-refractivity contribution is 5.88. The molecule has 1 heterocycles. The average Bonchev–Trinajstić information content (AvgIpc) is 2.61. The normalized spacial score (nSPS) is 18.5. The van der Waals surface area contributed by atoms with Crippen LogP contribution in [0.25, 0.3) is 0 Å². The molecular formula is C17H25N3O4. The molecule has 132 valence electrons. The van der Waals surface area contributed by atoms with E-state index in [2.05, 4.69) is 10.6 Å². The zero-order valence-corrected chi connectivity index (χ0v) is 13.6. The van der Waals surface area contributed by atoms with Crippen molar-refractivity contribution in [3.8, 4) is 0 Å². The first-order valence-corrected chi connectivity index (χ1v) is 8.20. The van der Waals surface area contributed by atoms with Crippen molar-refractivity contribution in [1.29, 1.82) is 0 Å². The van der Waals surface area contributed by atoms with Crippen LogP contribution in [0.15, 0.2) is 30.3 Å². The first kappa shape index (κ1) is 18.4. The quantitative estimate of drug-likeness (QED) is 0.482. The fourth-order valence-electron chi connectivity index (χ4n) is 2.78. The van der Waals surface area contributed by atoms with Crippen molar-refractivity contribution in [2.24, 2.45) is 0 Å². The third kappa shape index (κ3) is 5.30. The largest absolute Gasteiger partial charge is 0.394 e. The van der Waals surface area contributed by atoms with Crippen LogP contribution in [0.3, 0.4) is 0 Å². The summed E-state index contributed by atoms with van der Waals surface area (Å²) < 4.78 is 0. The first-order valence-electron chi connectivity index (χ1n) is 8.20. The summed E-state index contributed by atoms with van der Waals surface area (Å²) >= 11 is 0. The smallest absolute Gasteiger partial charge is 0.237 e. The van der Waals surface area contributed by atoms with Gasteiger partial charge in [-0.3, -0.25) is 14.5 Å². The Bertz CT molecular complexity index is 534. The minimum atomic E-state index is -0.693. The summed E-state index contributed by atoms with van der Waals surface area (Å²) in [4.78, 5) is 26.2. The molecule has 0 bridgehead atoms. The van der Waals surface area contributed by atoms with E-state index in [9.17, 15) is 9.59 Å². The van der Waals surface area contributed by atoms with Gasteiger partial charge in [-0.1, -0.05) is 30.3 Å².